The first kappa shape index (κ1) is 12.7. The molecule has 4 nitrogen and oxygen atoms in total. The van der Waals surface area contributed by atoms with Crippen molar-refractivity contribution in [2.24, 2.45) is 17.6 Å². The highest BCUT2D eigenvalue weighted by Gasteiger charge is 2.56. The molecule has 0 spiro atoms. The van der Waals surface area contributed by atoms with Crippen molar-refractivity contribution in [3.05, 3.63) is 0 Å². The number of alkyl halides is 3. The molecule has 1 saturated carbocycles. The highest BCUT2D eigenvalue weighted by Crippen LogP contribution is 2.49. The standard InChI is InChI=1S/C5H7F3N2.C2H4O2/c6-5(7,8)3-1-2(3)4(9)10;1-2(3)4/h2-3H,1H2,(H3,9,10);1H3,(H,3,4). The molecule has 0 amide bonds. The number of aliphatic carboxylic acids is 1. The van der Waals surface area contributed by atoms with Crippen molar-refractivity contribution in [1.29, 1.82) is 5.41 Å². The Morgan fingerprint density at radius 3 is 2.00 bits per heavy atom. The lowest BCUT2D eigenvalue weighted by Gasteiger charge is -2.02. The van der Waals surface area contributed by atoms with E-state index in [1.165, 1.54) is 0 Å². The molecule has 1 fully saturated rings. The minimum absolute atomic E-state index is 0.00116. The maximum absolute atomic E-state index is 11.7. The van der Waals surface area contributed by atoms with E-state index in [2.05, 4.69) is 0 Å². The molecule has 0 bridgehead atoms. The topological polar surface area (TPSA) is 87.2 Å². The Kier molecular flexibility index (Phi) is 3.91. The van der Waals surface area contributed by atoms with E-state index in [9.17, 15) is 13.2 Å². The third kappa shape index (κ3) is 4.68. The van der Waals surface area contributed by atoms with Gasteiger partial charge in [-0.2, -0.15) is 13.2 Å². The molecular weight excluding hydrogens is 201 g/mol. The van der Waals surface area contributed by atoms with Crippen LogP contribution in [0, 0.1) is 17.2 Å². The van der Waals surface area contributed by atoms with E-state index in [-0.39, 0.29) is 12.3 Å². The van der Waals surface area contributed by atoms with Crippen LogP contribution in [0.25, 0.3) is 0 Å². The normalized spacial score (nSPS) is 24.6. The predicted molar refractivity (Wildman–Crippen MR) is 42.9 cm³/mol. The zero-order valence-corrected chi connectivity index (χ0v) is 7.43. The number of rotatable bonds is 1. The molecule has 0 radical (unpaired) electrons. The van der Waals surface area contributed by atoms with Crippen molar-refractivity contribution in [3.63, 3.8) is 0 Å². The monoisotopic (exact) mass is 212 g/mol. The molecule has 0 aliphatic heterocycles. The first-order valence-corrected chi connectivity index (χ1v) is 3.76. The Morgan fingerprint density at radius 2 is 1.93 bits per heavy atom. The van der Waals surface area contributed by atoms with Crippen LogP contribution in [-0.4, -0.2) is 23.1 Å². The van der Waals surface area contributed by atoms with Crippen LogP contribution in [0.4, 0.5) is 13.2 Å². The SMILES string of the molecule is CC(=O)O.N=C(N)C1CC1C(F)(F)F. The van der Waals surface area contributed by atoms with Crippen molar-refractivity contribution >= 4 is 11.8 Å². The zero-order valence-electron chi connectivity index (χ0n) is 7.43. The molecule has 82 valence electrons. The van der Waals surface area contributed by atoms with Crippen LogP contribution in [0.3, 0.4) is 0 Å². The summed E-state index contributed by atoms with van der Waals surface area (Å²) in [5, 5.41) is 14.1. The molecule has 0 aromatic carbocycles. The molecule has 1 rings (SSSR count). The summed E-state index contributed by atoms with van der Waals surface area (Å²) < 4.78 is 35.1. The van der Waals surface area contributed by atoms with Gasteiger partial charge in [0.25, 0.3) is 5.97 Å². The van der Waals surface area contributed by atoms with Gasteiger partial charge in [0.2, 0.25) is 0 Å². The van der Waals surface area contributed by atoms with Crippen molar-refractivity contribution in [3.8, 4) is 0 Å². The molecule has 0 aromatic rings. The Bertz CT molecular complexity index is 236. The summed E-state index contributed by atoms with van der Waals surface area (Å²) in [4.78, 5) is 9.00. The summed E-state index contributed by atoms with van der Waals surface area (Å²) >= 11 is 0. The molecule has 0 saturated heterocycles. The molecular formula is C7H11F3N2O2. The van der Waals surface area contributed by atoms with Crippen LogP contribution >= 0.6 is 0 Å². The number of nitrogens with one attached hydrogen (secondary N) is 1. The summed E-state index contributed by atoms with van der Waals surface area (Å²) in [5.74, 6) is -3.26. The van der Waals surface area contributed by atoms with E-state index in [4.69, 9.17) is 21.0 Å². The minimum atomic E-state index is -4.16. The fourth-order valence-corrected chi connectivity index (χ4v) is 0.900. The van der Waals surface area contributed by atoms with Crippen molar-refractivity contribution in [2.75, 3.05) is 0 Å². The van der Waals surface area contributed by atoms with Gasteiger partial charge in [0, 0.05) is 12.8 Å². The lowest BCUT2D eigenvalue weighted by atomic mass is 10.3. The van der Waals surface area contributed by atoms with Gasteiger partial charge in [-0.3, -0.25) is 10.2 Å². The number of carboxylic acids is 1. The van der Waals surface area contributed by atoms with Gasteiger partial charge in [-0.1, -0.05) is 0 Å². The van der Waals surface area contributed by atoms with Gasteiger partial charge < -0.3 is 10.8 Å². The number of carbonyl (C=O) groups is 1. The van der Waals surface area contributed by atoms with Gasteiger partial charge in [0.1, 0.15) is 0 Å². The second-order valence-corrected chi connectivity index (χ2v) is 2.96. The van der Waals surface area contributed by atoms with E-state index >= 15 is 0 Å². The van der Waals surface area contributed by atoms with E-state index < -0.39 is 24.0 Å². The lowest BCUT2D eigenvalue weighted by molar-refractivity contribution is -0.149. The van der Waals surface area contributed by atoms with E-state index in [1.54, 1.807) is 0 Å². The first-order chi connectivity index (χ1) is 6.16. The van der Waals surface area contributed by atoms with Crippen LogP contribution in [-0.2, 0) is 4.79 Å². The number of halogens is 3. The smallest absolute Gasteiger partial charge is 0.392 e. The Balaban J connectivity index is 0.000000364. The van der Waals surface area contributed by atoms with E-state index in [0.717, 1.165) is 6.92 Å². The van der Waals surface area contributed by atoms with Crippen molar-refractivity contribution in [1.82, 2.24) is 0 Å². The Hall–Kier alpha value is -1.27. The highest BCUT2D eigenvalue weighted by molar-refractivity contribution is 5.82. The lowest BCUT2D eigenvalue weighted by Crippen LogP contribution is -2.19. The number of nitrogens with two attached hydrogens (primary N) is 1. The van der Waals surface area contributed by atoms with E-state index in [1.807, 2.05) is 0 Å². The Labute approximate surface area is 78.4 Å². The number of hydrogen-bond acceptors (Lipinski definition) is 2. The molecule has 1 aliphatic carbocycles. The van der Waals surface area contributed by atoms with Gasteiger partial charge in [-0.15, -0.1) is 0 Å². The number of carboxylic acid groups (broad SMARTS) is 1. The highest BCUT2D eigenvalue weighted by atomic mass is 19.4. The molecule has 2 unspecified atom stereocenters. The fraction of sp³-hybridized carbons (Fsp3) is 0.714. The van der Waals surface area contributed by atoms with Gasteiger partial charge >= 0.3 is 6.18 Å². The third-order valence-electron chi connectivity index (χ3n) is 1.61. The summed E-state index contributed by atoms with van der Waals surface area (Å²) in [6.07, 6.45) is -4.16. The van der Waals surface area contributed by atoms with Crippen molar-refractivity contribution in [2.45, 2.75) is 19.5 Å². The van der Waals surface area contributed by atoms with Gasteiger partial charge in [-0.05, 0) is 6.42 Å². The van der Waals surface area contributed by atoms with Crippen LogP contribution in [0.1, 0.15) is 13.3 Å². The molecule has 1 aliphatic rings. The number of hydrogen-bond donors (Lipinski definition) is 3. The second kappa shape index (κ2) is 4.30. The maximum Gasteiger partial charge on any atom is 0.392 e. The van der Waals surface area contributed by atoms with Gasteiger partial charge in [-0.25, -0.2) is 0 Å². The third-order valence-corrected chi connectivity index (χ3v) is 1.61. The van der Waals surface area contributed by atoms with E-state index in [0.29, 0.717) is 0 Å². The quantitative estimate of drug-likeness (QED) is 0.451. The van der Waals surface area contributed by atoms with Crippen LogP contribution in [0.2, 0.25) is 0 Å². The average Bonchev–Trinajstić information content (AvgIpc) is 2.58. The summed E-state index contributed by atoms with van der Waals surface area (Å²) in [6, 6.07) is 0. The summed E-state index contributed by atoms with van der Waals surface area (Å²) in [6.45, 7) is 1.08. The number of amidine groups is 1. The van der Waals surface area contributed by atoms with Gasteiger partial charge in [0.15, 0.2) is 0 Å². The molecule has 14 heavy (non-hydrogen) atoms. The van der Waals surface area contributed by atoms with Gasteiger partial charge in [0.05, 0.1) is 11.8 Å². The predicted octanol–water partition coefficient (Wildman–Crippen LogP) is 1.21. The summed E-state index contributed by atoms with van der Waals surface area (Å²) in [5.41, 5.74) is 4.87. The summed E-state index contributed by atoms with van der Waals surface area (Å²) in [7, 11) is 0. The average molecular weight is 212 g/mol. The van der Waals surface area contributed by atoms with Crippen molar-refractivity contribution < 1.29 is 23.1 Å². The first-order valence-electron chi connectivity index (χ1n) is 3.76. The molecule has 0 heterocycles. The zero-order chi connectivity index (χ0) is 11.5. The largest absolute Gasteiger partial charge is 0.481 e. The fourth-order valence-electron chi connectivity index (χ4n) is 0.900. The van der Waals surface area contributed by atoms with Crippen LogP contribution in [0.5, 0.6) is 0 Å². The molecule has 4 N–H and O–H groups in total. The maximum atomic E-state index is 11.7. The molecule has 7 heteroatoms. The van der Waals surface area contributed by atoms with Crippen LogP contribution in [0.15, 0.2) is 0 Å². The second-order valence-electron chi connectivity index (χ2n) is 2.96. The molecule has 0 aromatic heterocycles. The Morgan fingerprint density at radius 1 is 1.57 bits per heavy atom. The van der Waals surface area contributed by atoms with Crippen LogP contribution < -0.4 is 5.73 Å². The minimum Gasteiger partial charge on any atom is -0.481 e. The molecule has 2 atom stereocenters.